The maximum absolute atomic E-state index is 12.0. The Bertz CT molecular complexity index is 596. The van der Waals surface area contributed by atoms with Gasteiger partial charge in [-0.05, 0) is 55.8 Å². The van der Waals surface area contributed by atoms with E-state index in [1.165, 1.54) is 0 Å². The number of benzene rings is 2. The van der Waals surface area contributed by atoms with E-state index >= 15 is 0 Å². The van der Waals surface area contributed by atoms with Gasteiger partial charge in [-0.1, -0.05) is 28.1 Å². The highest BCUT2D eigenvalue weighted by Gasteiger charge is 2.14. The van der Waals surface area contributed by atoms with Crippen LogP contribution in [0.4, 0.5) is 5.69 Å². The minimum absolute atomic E-state index is 0.168. The first-order valence-electron chi connectivity index (χ1n) is 6.34. The van der Waals surface area contributed by atoms with Crippen LogP contribution in [0.25, 0.3) is 0 Å². The summed E-state index contributed by atoms with van der Waals surface area (Å²) in [5.41, 5.74) is 1.88. The van der Waals surface area contributed by atoms with Gasteiger partial charge in [-0.25, -0.2) is 0 Å². The van der Waals surface area contributed by atoms with Crippen LogP contribution in [-0.4, -0.2) is 12.0 Å². The molecule has 4 heteroatoms. The van der Waals surface area contributed by atoms with E-state index in [1.807, 2.05) is 55.5 Å². The third-order valence-electron chi connectivity index (χ3n) is 2.78. The zero-order chi connectivity index (χ0) is 14.5. The van der Waals surface area contributed by atoms with Crippen LogP contribution in [0.2, 0.25) is 0 Å². The quantitative estimate of drug-likeness (QED) is 0.912. The third kappa shape index (κ3) is 4.10. The molecule has 1 amide bonds. The molecule has 3 nitrogen and oxygen atoms in total. The highest BCUT2D eigenvalue weighted by Crippen LogP contribution is 2.18. The van der Waals surface area contributed by atoms with Crippen molar-refractivity contribution >= 4 is 27.5 Å². The van der Waals surface area contributed by atoms with Crippen molar-refractivity contribution in [3.05, 3.63) is 58.6 Å². The second-order valence-corrected chi connectivity index (χ2v) is 5.49. The molecular weight excluding hydrogens is 318 g/mol. The highest BCUT2D eigenvalue weighted by atomic mass is 79.9. The second kappa shape index (κ2) is 6.57. The Kier molecular flexibility index (Phi) is 4.79. The van der Waals surface area contributed by atoms with Crippen LogP contribution < -0.4 is 10.1 Å². The van der Waals surface area contributed by atoms with Crippen molar-refractivity contribution in [1.29, 1.82) is 0 Å². The Morgan fingerprint density at radius 3 is 2.55 bits per heavy atom. The lowest BCUT2D eigenvalue weighted by atomic mass is 10.2. The van der Waals surface area contributed by atoms with Gasteiger partial charge in [-0.2, -0.15) is 0 Å². The van der Waals surface area contributed by atoms with E-state index in [0.717, 1.165) is 15.7 Å². The number of carbonyl (C=O) groups excluding carboxylic acids is 1. The zero-order valence-corrected chi connectivity index (χ0v) is 13.0. The summed E-state index contributed by atoms with van der Waals surface area (Å²) < 4.78 is 6.57. The van der Waals surface area contributed by atoms with E-state index in [4.69, 9.17) is 4.74 Å². The maximum atomic E-state index is 12.0. The molecule has 0 radical (unpaired) electrons. The van der Waals surface area contributed by atoms with Gasteiger partial charge in [0.2, 0.25) is 0 Å². The number of ether oxygens (including phenoxy) is 1. The van der Waals surface area contributed by atoms with E-state index in [0.29, 0.717) is 5.75 Å². The number of amides is 1. The van der Waals surface area contributed by atoms with Gasteiger partial charge >= 0.3 is 0 Å². The van der Waals surface area contributed by atoms with Crippen LogP contribution >= 0.6 is 15.9 Å². The zero-order valence-electron chi connectivity index (χ0n) is 11.4. The Hall–Kier alpha value is -1.81. The molecule has 2 aromatic carbocycles. The molecule has 0 aliphatic rings. The summed E-state index contributed by atoms with van der Waals surface area (Å²) in [4.78, 5) is 12.0. The minimum atomic E-state index is -0.559. The molecule has 0 fully saturated rings. The number of anilines is 1. The summed E-state index contributed by atoms with van der Waals surface area (Å²) in [6, 6.07) is 15.1. The molecule has 0 spiro atoms. The van der Waals surface area contributed by atoms with E-state index in [9.17, 15) is 4.79 Å². The number of carbonyl (C=O) groups is 1. The standard InChI is InChI=1S/C16H16BrNO2/c1-11-4-3-5-14(10-11)18-16(19)12(2)20-15-8-6-13(17)7-9-15/h3-10,12H,1-2H3,(H,18,19)/t12-/m0/s1. The number of rotatable bonds is 4. The predicted molar refractivity (Wildman–Crippen MR) is 84.0 cm³/mol. The highest BCUT2D eigenvalue weighted by molar-refractivity contribution is 9.10. The molecule has 0 heterocycles. The predicted octanol–water partition coefficient (Wildman–Crippen LogP) is 4.16. The third-order valence-corrected chi connectivity index (χ3v) is 3.31. The molecule has 1 N–H and O–H groups in total. The SMILES string of the molecule is Cc1cccc(NC(=O)[C@H](C)Oc2ccc(Br)cc2)c1. The van der Waals surface area contributed by atoms with Crippen molar-refractivity contribution in [2.75, 3.05) is 5.32 Å². The van der Waals surface area contributed by atoms with E-state index in [2.05, 4.69) is 21.2 Å². The average Bonchev–Trinajstić information content (AvgIpc) is 2.41. The summed E-state index contributed by atoms with van der Waals surface area (Å²) in [5, 5.41) is 2.84. The molecule has 104 valence electrons. The first-order chi connectivity index (χ1) is 9.54. The summed E-state index contributed by atoms with van der Waals surface area (Å²) >= 11 is 3.36. The molecule has 20 heavy (non-hydrogen) atoms. The maximum Gasteiger partial charge on any atom is 0.265 e. The average molecular weight is 334 g/mol. The molecule has 0 saturated carbocycles. The molecule has 0 saturated heterocycles. The number of aryl methyl sites for hydroxylation is 1. The summed E-state index contributed by atoms with van der Waals surface area (Å²) in [5.74, 6) is 0.499. The normalized spacial score (nSPS) is 11.8. The lowest BCUT2D eigenvalue weighted by molar-refractivity contribution is -0.122. The van der Waals surface area contributed by atoms with Gasteiger partial charge in [0.25, 0.3) is 5.91 Å². The van der Waals surface area contributed by atoms with Crippen molar-refractivity contribution in [1.82, 2.24) is 0 Å². The monoisotopic (exact) mass is 333 g/mol. The molecule has 0 aliphatic carbocycles. The molecule has 0 aliphatic heterocycles. The number of nitrogens with one attached hydrogen (secondary N) is 1. The number of halogens is 1. The minimum Gasteiger partial charge on any atom is -0.481 e. The van der Waals surface area contributed by atoms with E-state index in [-0.39, 0.29) is 5.91 Å². The number of hydrogen-bond donors (Lipinski definition) is 1. The summed E-state index contributed by atoms with van der Waals surface area (Å²) in [6.07, 6.45) is -0.559. The van der Waals surface area contributed by atoms with Gasteiger partial charge in [0, 0.05) is 10.2 Å². The van der Waals surface area contributed by atoms with Crippen LogP contribution in [0.3, 0.4) is 0 Å². The van der Waals surface area contributed by atoms with Crippen LogP contribution in [0.15, 0.2) is 53.0 Å². The van der Waals surface area contributed by atoms with Gasteiger partial charge in [-0.15, -0.1) is 0 Å². The second-order valence-electron chi connectivity index (χ2n) is 4.57. The Labute approximate surface area is 127 Å². The van der Waals surface area contributed by atoms with Crippen molar-refractivity contribution in [2.24, 2.45) is 0 Å². The number of hydrogen-bond acceptors (Lipinski definition) is 2. The van der Waals surface area contributed by atoms with Gasteiger partial charge in [0.15, 0.2) is 6.10 Å². The smallest absolute Gasteiger partial charge is 0.265 e. The first-order valence-corrected chi connectivity index (χ1v) is 7.13. The molecule has 2 rings (SSSR count). The van der Waals surface area contributed by atoms with Crippen LogP contribution in [0.1, 0.15) is 12.5 Å². The summed E-state index contributed by atoms with van der Waals surface area (Å²) in [6.45, 7) is 3.71. The topological polar surface area (TPSA) is 38.3 Å². The van der Waals surface area contributed by atoms with E-state index in [1.54, 1.807) is 6.92 Å². The van der Waals surface area contributed by atoms with Crippen molar-refractivity contribution in [3.63, 3.8) is 0 Å². The molecule has 2 aromatic rings. The van der Waals surface area contributed by atoms with Crippen LogP contribution in [0, 0.1) is 6.92 Å². The Balaban J connectivity index is 1.96. The lowest BCUT2D eigenvalue weighted by Gasteiger charge is -2.15. The van der Waals surface area contributed by atoms with Crippen molar-refractivity contribution < 1.29 is 9.53 Å². The fraction of sp³-hybridized carbons (Fsp3) is 0.188. The molecule has 0 aromatic heterocycles. The molecule has 0 bridgehead atoms. The Morgan fingerprint density at radius 1 is 1.20 bits per heavy atom. The summed E-state index contributed by atoms with van der Waals surface area (Å²) in [7, 11) is 0. The largest absolute Gasteiger partial charge is 0.481 e. The van der Waals surface area contributed by atoms with Crippen molar-refractivity contribution in [2.45, 2.75) is 20.0 Å². The van der Waals surface area contributed by atoms with Crippen molar-refractivity contribution in [3.8, 4) is 5.75 Å². The molecular formula is C16H16BrNO2. The van der Waals surface area contributed by atoms with E-state index < -0.39 is 6.10 Å². The fourth-order valence-corrected chi connectivity index (χ4v) is 2.00. The van der Waals surface area contributed by atoms with Gasteiger partial charge in [0.1, 0.15) is 5.75 Å². The van der Waals surface area contributed by atoms with Gasteiger partial charge in [-0.3, -0.25) is 4.79 Å². The Morgan fingerprint density at radius 2 is 1.90 bits per heavy atom. The molecule has 0 unspecified atom stereocenters. The van der Waals surface area contributed by atoms with Gasteiger partial charge < -0.3 is 10.1 Å². The van der Waals surface area contributed by atoms with Crippen LogP contribution in [-0.2, 0) is 4.79 Å². The fourth-order valence-electron chi connectivity index (χ4n) is 1.74. The van der Waals surface area contributed by atoms with Crippen LogP contribution in [0.5, 0.6) is 5.75 Å². The molecule has 1 atom stereocenters. The lowest BCUT2D eigenvalue weighted by Crippen LogP contribution is -2.30. The first kappa shape index (κ1) is 14.6. The van der Waals surface area contributed by atoms with Gasteiger partial charge in [0.05, 0.1) is 0 Å².